The lowest BCUT2D eigenvalue weighted by atomic mass is 10.0. The van der Waals surface area contributed by atoms with Gasteiger partial charge in [0.05, 0.1) is 23.2 Å². The highest BCUT2D eigenvalue weighted by Crippen LogP contribution is 2.29. The van der Waals surface area contributed by atoms with E-state index in [1.807, 2.05) is 43.7 Å². The number of nitrogens with zero attached hydrogens (tertiary/aromatic N) is 6. The molecule has 4 heterocycles. The number of aryl methyl sites for hydroxylation is 1. The molecule has 1 aliphatic heterocycles. The van der Waals surface area contributed by atoms with Crippen LogP contribution in [0.15, 0.2) is 48.9 Å². The Hall–Kier alpha value is -2.64. The van der Waals surface area contributed by atoms with E-state index in [1.165, 1.54) is 5.56 Å². The predicted octanol–water partition coefficient (Wildman–Crippen LogP) is 1.89. The summed E-state index contributed by atoms with van der Waals surface area (Å²) in [4.78, 5) is 11.3. The molecule has 1 saturated heterocycles. The normalized spacial score (nSPS) is 20.5. The van der Waals surface area contributed by atoms with Crippen LogP contribution in [-0.4, -0.2) is 56.2 Å². The first-order valence-corrected chi connectivity index (χ1v) is 8.70. The van der Waals surface area contributed by atoms with Crippen molar-refractivity contribution in [3.8, 4) is 11.4 Å². The summed E-state index contributed by atoms with van der Waals surface area (Å²) >= 11 is 0. The summed E-state index contributed by atoms with van der Waals surface area (Å²) in [6, 6.07) is 10.00. The zero-order valence-corrected chi connectivity index (χ0v) is 15.0. The quantitative estimate of drug-likeness (QED) is 0.700. The van der Waals surface area contributed by atoms with Crippen LogP contribution in [0.5, 0.6) is 0 Å². The molecule has 0 N–H and O–H groups in total. The van der Waals surface area contributed by atoms with E-state index in [1.54, 1.807) is 18.0 Å². The van der Waals surface area contributed by atoms with Crippen LogP contribution in [0.1, 0.15) is 17.2 Å². The number of hydrogen-bond acceptors (Lipinski definition) is 6. The summed E-state index contributed by atoms with van der Waals surface area (Å²) in [5.74, 6) is 0.245. The average Bonchev–Trinajstić information content (AvgIpc) is 3.29. The van der Waals surface area contributed by atoms with Gasteiger partial charge in [0.1, 0.15) is 0 Å². The standard InChI is InChI=1S/C19H22N6O/c1-24-12-18(22-23-24)15-11-25(13-19(15)26-2)10-14-6-7-17(21-9-14)16-5-3-4-8-20-16/h3-9,12,15,19H,10-11,13H2,1-2H3/t15-,19+/m0/s1. The Balaban J connectivity index is 1.44. The molecule has 4 rings (SSSR count). The molecule has 0 unspecified atom stereocenters. The van der Waals surface area contributed by atoms with Crippen LogP contribution in [0, 0.1) is 0 Å². The third kappa shape index (κ3) is 3.49. The fraction of sp³-hybridized carbons (Fsp3) is 0.368. The van der Waals surface area contributed by atoms with E-state index in [4.69, 9.17) is 4.74 Å². The van der Waals surface area contributed by atoms with Gasteiger partial charge in [0.15, 0.2) is 0 Å². The van der Waals surface area contributed by atoms with Gasteiger partial charge in [-0.2, -0.15) is 0 Å². The minimum absolute atomic E-state index is 0.132. The lowest BCUT2D eigenvalue weighted by Crippen LogP contribution is -2.22. The number of pyridine rings is 2. The topological polar surface area (TPSA) is 69.0 Å². The van der Waals surface area contributed by atoms with Crippen molar-refractivity contribution in [2.45, 2.75) is 18.6 Å². The average molecular weight is 350 g/mol. The van der Waals surface area contributed by atoms with Crippen LogP contribution in [0.25, 0.3) is 11.4 Å². The molecule has 1 fully saturated rings. The molecule has 7 nitrogen and oxygen atoms in total. The summed E-state index contributed by atoms with van der Waals surface area (Å²) in [5.41, 5.74) is 3.95. The molecule has 0 radical (unpaired) electrons. The molecule has 3 aromatic rings. The van der Waals surface area contributed by atoms with Crippen molar-refractivity contribution in [3.63, 3.8) is 0 Å². The van der Waals surface area contributed by atoms with Gasteiger partial charge in [0.2, 0.25) is 0 Å². The van der Waals surface area contributed by atoms with E-state index < -0.39 is 0 Å². The molecule has 2 atom stereocenters. The molecule has 0 amide bonds. The van der Waals surface area contributed by atoms with Gasteiger partial charge in [0, 0.05) is 58.3 Å². The Labute approximate surface area is 152 Å². The molecule has 0 bridgehead atoms. The molecular weight excluding hydrogens is 328 g/mol. The van der Waals surface area contributed by atoms with Gasteiger partial charge in [0.25, 0.3) is 0 Å². The van der Waals surface area contributed by atoms with Crippen LogP contribution in [0.3, 0.4) is 0 Å². The van der Waals surface area contributed by atoms with Crippen molar-refractivity contribution in [1.29, 1.82) is 0 Å². The largest absolute Gasteiger partial charge is 0.379 e. The third-order valence-corrected chi connectivity index (χ3v) is 4.80. The van der Waals surface area contributed by atoms with Crippen molar-refractivity contribution in [2.24, 2.45) is 7.05 Å². The SMILES string of the molecule is CO[C@@H]1CN(Cc2ccc(-c3ccccn3)nc2)C[C@H]1c1cn(C)nn1. The summed E-state index contributed by atoms with van der Waals surface area (Å²) < 4.78 is 7.43. The second-order valence-corrected chi connectivity index (χ2v) is 6.66. The maximum atomic E-state index is 5.69. The van der Waals surface area contributed by atoms with Crippen LogP contribution in [-0.2, 0) is 18.3 Å². The van der Waals surface area contributed by atoms with E-state index in [9.17, 15) is 0 Å². The molecule has 1 aliphatic rings. The molecule has 0 aromatic carbocycles. The van der Waals surface area contributed by atoms with E-state index in [-0.39, 0.29) is 12.0 Å². The van der Waals surface area contributed by atoms with Crippen LogP contribution in [0.2, 0.25) is 0 Å². The highest BCUT2D eigenvalue weighted by Gasteiger charge is 2.35. The van der Waals surface area contributed by atoms with E-state index in [2.05, 4.69) is 31.2 Å². The summed E-state index contributed by atoms with van der Waals surface area (Å²) in [5, 5.41) is 8.32. The zero-order chi connectivity index (χ0) is 17.9. The van der Waals surface area contributed by atoms with Gasteiger partial charge in [-0.1, -0.05) is 17.3 Å². The van der Waals surface area contributed by atoms with Gasteiger partial charge in [-0.25, -0.2) is 0 Å². The molecule has 134 valence electrons. The number of rotatable bonds is 5. The monoisotopic (exact) mass is 350 g/mol. The molecular formula is C19H22N6O. The number of likely N-dealkylation sites (tertiary alicyclic amines) is 1. The zero-order valence-electron chi connectivity index (χ0n) is 15.0. The maximum Gasteiger partial charge on any atom is 0.0897 e. The van der Waals surface area contributed by atoms with Crippen molar-refractivity contribution < 1.29 is 4.74 Å². The van der Waals surface area contributed by atoms with E-state index >= 15 is 0 Å². The smallest absolute Gasteiger partial charge is 0.0897 e. The lowest BCUT2D eigenvalue weighted by molar-refractivity contribution is 0.0957. The first-order valence-electron chi connectivity index (χ1n) is 8.70. The Bertz CT molecular complexity index is 848. The number of hydrogen-bond donors (Lipinski definition) is 0. The van der Waals surface area contributed by atoms with Crippen LogP contribution >= 0.6 is 0 Å². The minimum Gasteiger partial charge on any atom is -0.379 e. The molecule has 0 aliphatic carbocycles. The first kappa shape index (κ1) is 16.8. The molecule has 0 saturated carbocycles. The van der Waals surface area contributed by atoms with Gasteiger partial charge in [-0.3, -0.25) is 19.5 Å². The highest BCUT2D eigenvalue weighted by molar-refractivity contribution is 5.53. The lowest BCUT2D eigenvalue weighted by Gasteiger charge is -2.15. The van der Waals surface area contributed by atoms with Gasteiger partial charge >= 0.3 is 0 Å². The fourth-order valence-corrected chi connectivity index (χ4v) is 3.48. The second-order valence-electron chi connectivity index (χ2n) is 6.66. The Kier molecular flexibility index (Phi) is 4.73. The Morgan fingerprint density at radius 3 is 2.65 bits per heavy atom. The van der Waals surface area contributed by atoms with Gasteiger partial charge < -0.3 is 4.74 Å². The van der Waals surface area contributed by atoms with Crippen LogP contribution < -0.4 is 0 Å². The number of ether oxygens (including phenoxy) is 1. The molecule has 7 heteroatoms. The molecule has 3 aromatic heterocycles. The van der Waals surface area contributed by atoms with E-state index in [0.717, 1.165) is 36.7 Å². The number of aromatic nitrogens is 5. The molecule has 0 spiro atoms. The second kappa shape index (κ2) is 7.31. The number of methoxy groups -OCH3 is 1. The minimum atomic E-state index is 0.132. The Morgan fingerprint density at radius 1 is 1.12 bits per heavy atom. The highest BCUT2D eigenvalue weighted by atomic mass is 16.5. The summed E-state index contributed by atoms with van der Waals surface area (Å²) in [6.07, 6.45) is 5.82. The summed E-state index contributed by atoms with van der Waals surface area (Å²) in [6.45, 7) is 2.62. The van der Waals surface area contributed by atoms with Crippen molar-refractivity contribution >= 4 is 0 Å². The Morgan fingerprint density at radius 2 is 2.00 bits per heavy atom. The van der Waals surface area contributed by atoms with Crippen molar-refractivity contribution in [2.75, 3.05) is 20.2 Å². The van der Waals surface area contributed by atoms with E-state index in [0.29, 0.717) is 0 Å². The van der Waals surface area contributed by atoms with Crippen LogP contribution in [0.4, 0.5) is 0 Å². The first-order chi connectivity index (χ1) is 12.7. The van der Waals surface area contributed by atoms with Crippen molar-refractivity contribution in [3.05, 3.63) is 60.2 Å². The third-order valence-electron chi connectivity index (χ3n) is 4.80. The fourth-order valence-electron chi connectivity index (χ4n) is 3.48. The van der Waals surface area contributed by atoms with Gasteiger partial charge in [-0.15, -0.1) is 5.10 Å². The maximum absolute atomic E-state index is 5.69. The predicted molar refractivity (Wildman–Crippen MR) is 97.3 cm³/mol. The van der Waals surface area contributed by atoms with Crippen molar-refractivity contribution in [1.82, 2.24) is 29.9 Å². The summed E-state index contributed by atoms with van der Waals surface area (Å²) in [7, 11) is 3.65. The molecule has 26 heavy (non-hydrogen) atoms. The van der Waals surface area contributed by atoms with Gasteiger partial charge in [-0.05, 0) is 23.8 Å².